The summed E-state index contributed by atoms with van der Waals surface area (Å²) in [5.41, 5.74) is 1.31. The molecule has 0 aliphatic heterocycles. The van der Waals surface area contributed by atoms with Gasteiger partial charge in [-0.1, -0.05) is 24.6 Å². The molecule has 0 unspecified atom stereocenters. The van der Waals surface area contributed by atoms with Gasteiger partial charge in [0.2, 0.25) is 0 Å². The van der Waals surface area contributed by atoms with Crippen LogP contribution in [0.1, 0.15) is 19.8 Å². The minimum Gasteiger partial charge on any atom is -0.269 e. The fourth-order valence-corrected chi connectivity index (χ4v) is 1.50. The summed E-state index contributed by atoms with van der Waals surface area (Å²) in [5.74, 6) is 0. The molecule has 1 nitrogen and oxygen atoms in total. The minimum atomic E-state index is 0.175. The average Bonchev–Trinajstić information content (AvgIpc) is 2.33. The molecule has 0 amide bonds. The summed E-state index contributed by atoms with van der Waals surface area (Å²) in [6, 6.07) is 0. The number of rotatable bonds is 2. The Morgan fingerprint density at radius 3 is 3.00 bits per heavy atom. The van der Waals surface area contributed by atoms with E-state index in [1.165, 1.54) is 5.57 Å². The van der Waals surface area contributed by atoms with Crippen molar-refractivity contribution in [2.45, 2.75) is 19.8 Å². The topological polar surface area (TPSA) is 17.1 Å². The van der Waals surface area contributed by atoms with Gasteiger partial charge >= 0.3 is 0 Å². The maximum atomic E-state index is 10.4. The molecule has 0 heterocycles. The van der Waals surface area contributed by atoms with Gasteiger partial charge < -0.3 is 0 Å². The van der Waals surface area contributed by atoms with Crippen LogP contribution < -0.4 is 0 Å². The van der Waals surface area contributed by atoms with Crippen LogP contribution in [-0.2, 0) is 4.57 Å². The number of hydrogen-bond donors (Lipinski definition) is 0. The summed E-state index contributed by atoms with van der Waals surface area (Å²) in [6.45, 7) is 2.09. The lowest BCUT2D eigenvalue weighted by Gasteiger charge is -1.93. The van der Waals surface area contributed by atoms with Gasteiger partial charge in [0.25, 0.3) is 0 Å². The highest BCUT2D eigenvalue weighted by atomic mass is 31.1. The van der Waals surface area contributed by atoms with Crippen LogP contribution in [-0.4, -0.2) is 0 Å². The smallest absolute Gasteiger partial charge is 0.192 e. The molecule has 0 radical (unpaired) electrons. The van der Waals surface area contributed by atoms with Gasteiger partial charge in [0.05, 0.1) is 0 Å². The van der Waals surface area contributed by atoms with Crippen LogP contribution >= 0.6 is 8.46 Å². The van der Waals surface area contributed by atoms with Crippen molar-refractivity contribution in [2.24, 2.45) is 0 Å². The van der Waals surface area contributed by atoms with Gasteiger partial charge in [-0.15, -0.1) is 0 Å². The van der Waals surface area contributed by atoms with E-state index in [1.807, 2.05) is 6.08 Å². The van der Waals surface area contributed by atoms with Crippen molar-refractivity contribution in [2.75, 3.05) is 0 Å². The third-order valence-electron chi connectivity index (χ3n) is 1.53. The van der Waals surface area contributed by atoms with E-state index >= 15 is 0 Å². The van der Waals surface area contributed by atoms with E-state index < -0.39 is 0 Å². The second-order valence-corrected chi connectivity index (χ2v) is 2.70. The van der Waals surface area contributed by atoms with Crippen molar-refractivity contribution in [1.82, 2.24) is 0 Å². The fraction of sp³-hybridized carbons (Fsp3) is 0.429. The molecule has 0 aromatic rings. The molecule has 9 heavy (non-hydrogen) atoms. The third-order valence-corrected chi connectivity index (χ3v) is 2.19. The maximum absolute atomic E-state index is 10.4. The van der Waals surface area contributed by atoms with Gasteiger partial charge in [0.1, 0.15) is 0 Å². The molecule has 0 aromatic heterocycles. The zero-order valence-corrected chi connectivity index (χ0v) is 6.32. The Hall–Kier alpha value is -0.420. The van der Waals surface area contributed by atoms with E-state index in [0.717, 1.165) is 18.2 Å². The van der Waals surface area contributed by atoms with Crippen molar-refractivity contribution in [3.8, 4) is 0 Å². The van der Waals surface area contributed by atoms with E-state index in [1.54, 1.807) is 0 Å². The molecule has 0 spiro atoms. The van der Waals surface area contributed by atoms with Gasteiger partial charge in [-0.25, -0.2) is 0 Å². The quantitative estimate of drug-likeness (QED) is 0.539. The summed E-state index contributed by atoms with van der Waals surface area (Å²) >= 11 is 0. The molecule has 0 saturated heterocycles. The van der Waals surface area contributed by atoms with E-state index in [-0.39, 0.29) is 8.46 Å². The first kappa shape index (κ1) is 6.70. The first-order valence-electron chi connectivity index (χ1n) is 3.10. The SMILES string of the molecule is CCC1=C(P=O)C=CC1. The molecule has 1 aliphatic carbocycles. The number of allylic oxidation sites excluding steroid dienone is 4. The molecule has 0 N–H and O–H groups in total. The van der Waals surface area contributed by atoms with Gasteiger partial charge in [-0.05, 0) is 12.8 Å². The van der Waals surface area contributed by atoms with Crippen LogP contribution in [0, 0.1) is 0 Å². The van der Waals surface area contributed by atoms with Gasteiger partial charge in [0, 0.05) is 5.31 Å². The van der Waals surface area contributed by atoms with Crippen LogP contribution in [0.3, 0.4) is 0 Å². The van der Waals surface area contributed by atoms with E-state index in [0.29, 0.717) is 0 Å². The predicted octanol–water partition coefficient (Wildman–Crippen LogP) is 2.90. The molecule has 2 heteroatoms. The molecule has 1 aliphatic rings. The summed E-state index contributed by atoms with van der Waals surface area (Å²) in [5, 5.41) is 0.984. The lowest BCUT2D eigenvalue weighted by atomic mass is 10.2. The Balaban J connectivity index is 2.79. The van der Waals surface area contributed by atoms with E-state index in [9.17, 15) is 4.57 Å². The van der Waals surface area contributed by atoms with Crippen LogP contribution in [0.25, 0.3) is 0 Å². The second-order valence-electron chi connectivity index (χ2n) is 2.04. The molecule has 0 bridgehead atoms. The lowest BCUT2D eigenvalue weighted by molar-refractivity contribution is 0.601. The number of hydrogen-bond acceptors (Lipinski definition) is 1. The Labute approximate surface area is 56.7 Å². The second kappa shape index (κ2) is 2.93. The highest BCUT2D eigenvalue weighted by Crippen LogP contribution is 2.28. The van der Waals surface area contributed by atoms with Crippen molar-refractivity contribution >= 4 is 8.46 Å². The van der Waals surface area contributed by atoms with Crippen molar-refractivity contribution < 1.29 is 4.57 Å². The monoisotopic (exact) mass is 140 g/mol. The molecular formula is C7H9OP. The average molecular weight is 140 g/mol. The van der Waals surface area contributed by atoms with Gasteiger partial charge in [0.15, 0.2) is 8.46 Å². The molecule has 0 fully saturated rings. The normalized spacial score (nSPS) is 17.9. The van der Waals surface area contributed by atoms with E-state index in [2.05, 4.69) is 13.0 Å². The Bertz CT molecular complexity index is 179. The van der Waals surface area contributed by atoms with Gasteiger partial charge in [-0.3, -0.25) is 4.57 Å². The lowest BCUT2D eigenvalue weighted by Crippen LogP contribution is -1.73. The Kier molecular flexibility index (Phi) is 2.18. The Morgan fingerprint density at radius 1 is 1.78 bits per heavy atom. The molecule has 1 rings (SSSR count). The summed E-state index contributed by atoms with van der Waals surface area (Å²) in [7, 11) is 0.175. The van der Waals surface area contributed by atoms with Crippen molar-refractivity contribution in [3.63, 3.8) is 0 Å². The first-order chi connectivity index (χ1) is 4.38. The first-order valence-corrected chi connectivity index (χ1v) is 3.91. The highest BCUT2D eigenvalue weighted by molar-refractivity contribution is 7.29. The van der Waals surface area contributed by atoms with Gasteiger partial charge in [-0.2, -0.15) is 0 Å². The minimum absolute atomic E-state index is 0.175. The van der Waals surface area contributed by atoms with Crippen molar-refractivity contribution in [1.29, 1.82) is 0 Å². The summed E-state index contributed by atoms with van der Waals surface area (Å²) in [4.78, 5) is 0. The molecule has 0 aromatic carbocycles. The van der Waals surface area contributed by atoms with Crippen molar-refractivity contribution in [3.05, 3.63) is 23.0 Å². The Morgan fingerprint density at radius 2 is 2.56 bits per heavy atom. The predicted molar refractivity (Wildman–Crippen MR) is 38.7 cm³/mol. The maximum Gasteiger partial charge on any atom is 0.192 e. The fourth-order valence-electron chi connectivity index (χ4n) is 0.956. The highest BCUT2D eigenvalue weighted by Gasteiger charge is 2.05. The molecule has 0 saturated carbocycles. The third kappa shape index (κ3) is 1.28. The van der Waals surface area contributed by atoms with Crippen LogP contribution in [0.2, 0.25) is 0 Å². The van der Waals surface area contributed by atoms with E-state index in [4.69, 9.17) is 0 Å². The summed E-state index contributed by atoms with van der Waals surface area (Å²) < 4.78 is 10.4. The van der Waals surface area contributed by atoms with Crippen LogP contribution in [0.15, 0.2) is 23.0 Å². The molecular weight excluding hydrogens is 131 g/mol. The van der Waals surface area contributed by atoms with Crippen LogP contribution in [0.4, 0.5) is 0 Å². The zero-order valence-electron chi connectivity index (χ0n) is 5.42. The van der Waals surface area contributed by atoms with Crippen LogP contribution in [0.5, 0.6) is 0 Å². The zero-order chi connectivity index (χ0) is 6.69. The summed E-state index contributed by atoms with van der Waals surface area (Å²) in [6.07, 6.45) is 6.02. The molecule has 48 valence electrons. The standard InChI is InChI=1S/C7H9OP/c1-2-6-4-3-5-7(6)9-8/h3,5H,2,4H2,1H3. The molecule has 0 atom stereocenters. The largest absolute Gasteiger partial charge is 0.269 e.